The number of amides is 1. The molecule has 0 bridgehead atoms. The van der Waals surface area contributed by atoms with Crippen molar-refractivity contribution in [2.75, 3.05) is 6.54 Å². The number of hydrogen-bond acceptors (Lipinski definition) is 2. The summed E-state index contributed by atoms with van der Waals surface area (Å²) in [6, 6.07) is 4.01. The van der Waals surface area contributed by atoms with E-state index < -0.39 is 0 Å². The van der Waals surface area contributed by atoms with Crippen LogP contribution in [-0.2, 0) is 11.2 Å². The summed E-state index contributed by atoms with van der Waals surface area (Å²) in [5.74, 6) is 0.00369. The van der Waals surface area contributed by atoms with Crippen molar-refractivity contribution in [2.45, 2.75) is 20.3 Å². The minimum atomic E-state index is 0.00369. The van der Waals surface area contributed by atoms with Gasteiger partial charge in [-0.05, 0) is 31.0 Å². The van der Waals surface area contributed by atoms with Gasteiger partial charge in [-0.15, -0.1) is 0 Å². The molecule has 0 atom stereocenters. The van der Waals surface area contributed by atoms with Crippen LogP contribution in [0.4, 0.5) is 0 Å². The fraction of sp³-hybridized carbons (Fsp3) is 0.333. The average molecular weight is 217 g/mol. The number of carbonyl (C=O) groups is 1. The Hall–Kier alpha value is -1.84. The van der Waals surface area contributed by atoms with Crippen LogP contribution in [0, 0.1) is 6.92 Å². The fourth-order valence-electron chi connectivity index (χ4n) is 1.71. The summed E-state index contributed by atoms with van der Waals surface area (Å²) in [6.45, 7) is 4.15. The SMILES string of the molecule is CC(=O)NCCc1c[nH]c2ccc(C)nc12. The molecular weight excluding hydrogens is 202 g/mol. The summed E-state index contributed by atoms with van der Waals surface area (Å²) >= 11 is 0. The Kier molecular flexibility index (Phi) is 2.90. The van der Waals surface area contributed by atoms with E-state index in [4.69, 9.17) is 0 Å². The van der Waals surface area contributed by atoms with Gasteiger partial charge in [0.1, 0.15) is 0 Å². The lowest BCUT2D eigenvalue weighted by molar-refractivity contribution is -0.118. The van der Waals surface area contributed by atoms with Gasteiger partial charge in [0.15, 0.2) is 0 Å². The number of aromatic nitrogens is 2. The highest BCUT2D eigenvalue weighted by atomic mass is 16.1. The normalized spacial score (nSPS) is 10.6. The molecule has 2 aromatic heterocycles. The maximum absolute atomic E-state index is 10.8. The van der Waals surface area contributed by atoms with Gasteiger partial charge in [0, 0.05) is 25.4 Å². The van der Waals surface area contributed by atoms with Crippen LogP contribution in [0.5, 0.6) is 0 Å². The van der Waals surface area contributed by atoms with Crippen molar-refractivity contribution >= 4 is 16.9 Å². The molecule has 2 rings (SSSR count). The van der Waals surface area contributed by atoms with Crippen LogP contribution in [0.15, 0.2) is 18.3 Å². The zero-order chi connectivity index (χ0) is 11.5. The molecule has 16 heavy (non-hydrogen) atoms. The van der Waals surface area contributed by atoms with E-state index in [9.17, 15) is 4.79 Å². The van der Waals surface area contributed by atoms with Crippen molar-refractivity contribution < 1.29 is 4.79 Å². The van der Waals surface area contributed by atoms with Crippen molar-refractivity contribution in [3.05, 3.63) is 29.6 Å². The third-order valence-electron chi connectivity index (χ3n) is 2.51. The molecule has 0 saturated carbocycles. The number of nitrogens with zero attached hydrogens (tertiary/aromatic N) is 1. The molecule has 0 spiro atoms. The van der Waals surface area contributed by atoms with E-state index in [0.29, 0.717) is 6.54 Å². The maximum Gasteiger partial charge on any atom is 0.216 e. The van der Waals surface area contributed by atoms with Crippen LogP contribution in [-0.4, -0.2) is 22.4 Å². The second-order valence-corrected chi connectivity index (χ2v) is 3.90. The fourth-order valence-corrected chi connectivity index (χ4v) is 1.71. The van der Waals surface area contributed by atoms with E-state index in [1.165, 1.54) is 6.92 Å². The molecule has 4 heteroatoms. The molecule has 4 nitrogen and oxygen atoms in total. The molecule has 0 aromatic carbocycles. The molecule has 2 heterocycles. The first kappa shape index (κ1) is 10.7. The summed E-state index contributed by atoms with van der Waals surface area (Å²) in [6.07, 6.45) is 2.76. The summed E-state index contributed by atoms with van der Waals surface area (Å²) in [4.78, 5) is 18.4. The number of hydrogen-bond donors (Lipinski definition) is 2. The Morgan fingerprint density at radius 1 is 1.50 bits per heavy atom. The highest BCUT2D eigenvalue weighted by Gasteiger charge is 2.05. The number of nitrogens with one attached hydrogen (secondary N) is 2. The first-order valence-corrected chi connectivity index (χ1v) is 5.35. The van der Waals surface area contributed by atoms with Crippen molar-refractivity contribution in [1.29, 1.82) is 0 Å². The lowest BCUT2D eigenvalue weighted by Crippen LogP contribution is -2.22. The summed E-state index contributed by atoms with van der Waals surface area (Å²) < 4.78 is 0. The van der Waals surface area contributed by atoms with E-state index in [1.807, 2.05) is 25.3 Å². The van der Waals surface area contributed by atoms with Gasteiger partial charge in [0.05, 0.1) is 11.0 Å². The predicted molar refractivity (Wildman–Crippen MR) is 63.2 cm³/mol. The average Bonchev–Trinajstić information content (AvgIpc) is 2.60. The first-order chi connectivity index (χ1) is 7.66. The van der Waals surface area contributed by atoms with Gasteiger partial charge in [-0.2, -0.15) is 0 Å². The monoisotopic (exact) mass is 217 g/mol. The molecule has 0 aliphatic heterocycles. The highest BCUT2D eigenvalue weighted by Crippen LogP contribution is 2.16. The van der Waals surface area contributed by atoms with Crippen LogP contribution in [0.1, 0.15) is 18.2 Å². The van der Waals surface area contributed by atoms with Gasteiger partial charge in [-0.25, -0.2) is 0 Å². The van der Waals surface area contributed by atoms with E-state index in [2.05, 4.69) is 15.3 Å². The van der Waals surface area contributed by atoms with Gasteiger partial charge >= 0.3 is 0 Å². The topological polar surface area (TPSA) is 57.8 Å². The number of carbonyl (C=O) groups excluding carboxylic acids is 1. The van der Waals surface area contributed by atoms with Crippen LogP contribution >= 0.6 is 0 Å². The number of H-pyrrole nitrogens is 1. The van der Waals surface area contributed by atoms with Gasteiger partial charge in [-0.3, -0.25) is 9.78 Å². The van der Waals surface area contributed by atoms with Crippen molar-refractivity contribution in [3.8, 4) is 0 Å². The Morgan fingerprint density at radius 2 is 2.31 bits per heavy atom. The van der Waals surface area contributed by atoms with Crippen molar-refractivity contribution in [2.24, 2.45) is 0 Å². The number of rotatable bonds is 3. The molecule has 0 unspecified atom stereocenters. The van der Waals surface area contributed by atoms with Crippen LogP contribution < -0.4 is 5.32 Å². The second-order valence-electron chi connectivity index (χ2n) is 3.90. The largest absolute Gasteiger partial charge is 0.360 e. The molecule has 0 aliphatic rings. The molecular formula is C12H15N3O. The Morgan fingerprint density at radius 3 is 3.06 bits per heavy atom. The van der Waals surface area contributed by atoms with Crippen LogP contribution in [0.2, 0.25) is 0 Å². The van der Waals surface area contributed by atoms with E-state index in [1.54, 1.807) is 0 Å². The second kappa shape index (κ2) is 4.35. The number of pyridine rings is 1. The Bertz CT molecular complexity index is 516. The van der Waals surface area contributed by atoms with Crippen molar-refractivity contribution in [1.82, 2.24) is 15.3 Å². The van der Waals surface area contributed by atoms with E-state index in [-0.39, 0.29) is 5.91 Å². The molecule has 0 saturated heterocycles. The quantitative estimate of drug-likeness (QED) is 0.819. The van der Waals surface area contributed by atoms with Gasteiger partial charge in [0.2, 0.25) is 5.91 Å². The predicted octanol–water partition coefficient (Wildman–Crippen LogP) is 1.55. The van der Waals surface area contributed by atoms with Gasteiger partial charge < -0.3 is 10.3 Å². The molecule has 84 valence electrons. The molecule has 0 aliphatic carbocycles. The van der Waals surface area contributed by atoms with E-state index >= 15 is 0 Å². The summed E-state index contributed by atoms with van der Waals surface area (Å²) in [7, 11) is 0. The third kappa shape index (κ3) is 2.21. The molecule has 2 N–H and O–H groups in total. The molecule has 0 radical (unpaired) electrons. The molecule has 2 aromatic rings. The Labute approximate surface area is 94.1 Å². The first-order valence-electron chi connectivity index (χ1n) is 5.35. The van der Waals surface area contributed by atoms with Crippen LogP contribution in [0.25, 0.3) is 11.0 Å². The molecule has 1 amide bonds. The van der Waals surface area contributed by atoms with Crippen molar-refractivity contribution in [3.63, 3.8) is 0 Å². The lowest BCUT2D eigenvalue weighted by Gasteiger charge is -2.01. The van der Waals surface area contributed by atoms with Crippen LogP contribution in [0.3, 0.4) is 0 Å². The van der Waals surface area contributed by atoms with Gasteiger partial charge in [-0.1, -0.05) is 0 Å². The zero-order valence-electron chi connectivity index (χ0n) is 9.50. The number of aryl methyl sites for hydroxylation is 1. The lowest BCUT2D eigenvalue weighted by atomic mass is 10.2. The highest BCUT2D eigenvalue weighted by molar-refractivity contribution is 5.79. The maximum atomic E-state index is 10.8. The third-order valence-corrected chi connectivity index (χ3v) is 2.51. The minimum Gasteiger partial charge on any atom is -0.360 e. The zero-order valence-corrected chi connectivity index (χ0v) is 9.50. The standard InChI is InChI=1S/C12H15N3O/c1-8-3-4-11-12(15-8)10(7-14-11)5-6-13-9(2)16/h3-4,7,14H,5-6H2,1-2H3,(H,13,16). The molecule has 0 fully saturated rings. The van der Waals surface area contributed by atoms with Gasteiger partial charge in [0.25, 0.3) is 0 Å². The number of fused-ring (bicyclic) bond motifs is 1. The summed E-state index contributed by atoms with van der Waals surface area (Å²) in [5, 5.41) is 2.78. The number of aromatic amines is 1. The Balaban J connectivity index is 2.17. The summed E-state index contributed by atoms with van der Waals surface area (Å²) in [5.41, 5.74) is 4.20. The minimum absolute atomic E-state index is 0.00369. The smallest absolute Gasteiger partial charge is 0.216 e. The van der Waals surface area contributed by atoms with E-state index in [0.717, 1.165) is 28.7 Å².